The Morgan fingerprint density at radius 2 is 1.70 bits per heavy atom. The largest absolute Gasteiger partial charge is 0.343 e. The fraction of sp³-hybridized carbons (Fsp3) is 0.150. The van der Waals surface area contributed by atoms with Crippen molar-refractivity contribution >= 4 is 23.1 Å². The van der Waals surface area contributed by atoms with Gasteiger partial charge in [0.25, 0.3) is 0 Å². The van der Waals surface area contributed by atoms with Crippen LogP contribution in [-0.4, -0.2) is 7.05 Å². The van der Waals surface area contributed by atoms with Gasteiger partial charge in [-0.2, -0.15) is 0 Å². The number of pyridine rings is 1. The molecule has 0 bridgehead atoms. The van der Waals surface area contributed by atoms with Crippen molar-refractivity contribution in [3.63, 3.8) is 0 Å². The van der Waals surface area contributed by atoms with Crippen LogP contribution in [0.25, 0.3) is 11.3 Å². The van der Waals surface area contributed by atoms with Gasteiger partial charge in [0.2, 0.25) is 5.69 Å². The van der Waals surface area contributed by atoms with Crippen molar-refractivity contribution in [2.24, 2.45) is 7.05 Å². The number of aromatic nitrogens is 1. The van der Waals surface area contributed by atoms with Crippen LogP contribution >= 0.6 is 11.8 Å². The lowest BCUT2D eigenvalue weighted by atomic mass is 10.0. The van der Waals surface area contributed by atoms with E-state index in [1.54, 1.807) is 0 Å². The average molecular weight is 319 g/mol. The van der Waals surface area contributed by atoms with E-state index in [2.05, 4.69) is 91.3 Å². The normalized spacial score (nSPS) is 12.7. The van der Waals surface area contributed by atoms with Gasteiger partial charge in [-0.25, -0.2) is 4.57 Å². The zero-order valence-electron chi connectivity index (χ0n) is 13.6. The minimum Gasteiger partial charge on any atom is -0.343 e. The molecule has 114 valence electrons. The molecule has 0 atom stereocenters. The summed E-state index contributed by atoms with van der Waals surface area (Å²) >= 11 is 1.86. The van der Waals surface area contributed by atoms with E-state index in [-0.39, 0.29) is 0 Å². The molecule has 0 saturated heterocycles. The number of anilines is 2. The van der Waals surface area contributed by atoms with E-state index in [9.17, 15) is 0 Å². The highest BCUT2D eigenvalue weighted by Crippen LogP contribution is 2.48. The van der Waals surface area contributed by atoms with Crippen LogP contribution in [0, 0.1) is 6.92 Å². The van der Waals surface area contributed by atoms with Crippen molar-refractivity contribution in [2.45, 2.75) is 16.7 Å². The first kappa shape index (κ1) is 14.3. The summed E-state index contributed by atoms with van der Waals surface area (Å²) in [6, 6.07) is 19.6. The predicted molar refractivity (Wildman–Crippen MR) is 96.4 cm³/mol. The molecule has 1 aliphatic rings. The maximum absolute atomic E-state index is 2.33. The van der Waals surface area contributed by atoms with Gasteiger partial charge >= 0.3 is 0 Å². The van der Waals surface area contributed by atoms with Crippen LogP contribution in [0.5, 0.6) is 0 Å². The first-order valence-corrected chi connectivity index (χ1v) is 8.57. The maximum atomic E-state index is 2.33. The van der Waals surface area contributed by atoms with Gasteiger partial charge in [0.05, 0.1) is 16.9 Å². The molecule has 0 fully saturated rings. The minimum absolute atomic E-state index is 1.25. The fourth-order valence-electron chi connectivity index (χ4n) is 3.16. The lowest BCUT2D eigenvalue weighted by molar-refractivity contribution is -0.660. The lowest BCUT2D eigenvalue weighted by Gasteiger charge is -2.30. The Balaban J connectivity index is 1.89. The van der Waals surface area contributed by atoms with Gasteiger partial charge in [0.15, 0.2) is 6.20 Å². The summed E-state index contributed by atoms with van der Waals surface area (Å²) in [6.07, 6.45) is 2.10. The number of hydrogen-bond donors (Lipinski definition) is 0. The molecule has 0 aliphatic carbocycles. The van der Waals surface area contributed by atoms with Crippen molar-refractivity contribution in [3.05, 3.63) is 66.4 Å². The Morgan fingerprint density at radius 3 is 2.52 bits per heavy atom. The molecular formula is C20H19N2S+. The van der Waals surface area contributed by atoms with E-state index < -0.39 is 0 Å². The van der Waals surface area contributed by atoms with Gasteiger partial charge in [-0.3, -0.25) is 0 Å². The molecule has 0 amide bonds. The van der Waals surface area contributed by atoms with Crippen molar-refractivity contribution < 1.29 is 4.57 Å². The molecule has 2 heterocycles. The molecule has 1 aromatic heterocycles. The second kappa shape index (κ2) is 5.43. The minimum atomic E-state index is 1.25. The molecule has 2 nitrogen and oxygen atoms in total. The Labute approximate surface area is 141 Å². The SMILES string of the molecule is Cc1cc2c(cc1-c1cccc[n+]1C)Sc1ccccc1N2C. The van der Waals surface area contributed by atoms with E-state index in [0.717, 1.165) is 0 Å². The van der Waals surface area contributed by atoms with Crippen LogP contribution in [0.15, 0.2) is 70.6 Å². The summed E-state index contributed by atoms with van der Waals surface area (Å²) < 4.78 is 2.18. The van der Waals surface area contributed by atoms with Crippen LogP contribution in [0.4, 0.5) is 11.4 Å². The van der Waals surface area contributed by atoms with Gasteiger partial charge in [0.1, 0.15) is 7.05 Å². The second-order valence-electron chi connectivity index (χ2n) is 5.96. The topological polar surface area (TPSA) is 7.12 Å². The Hall–Kier alpha value is -2.26. The monoisotopic (exact) mass is 319 g/mol. The molecule has 0 radical (unpaired) electrons. The Kier molecular flexibility index (Phi) is 3.38. The van der Waals surface area contributed by atoms with Crippen molar-refractivity contribution in [1.29, 1.82) is 0 Å². The first-order valence-electron chi connectivity index (χ1n) is 7.75. The van der Waals surface area contributed by atoms with Crippen LogP contribution in [0.1, 0.15) is 5.56 Å². The quantitative estimate of drug-likeness (QED) is 0.599. The highest BCUT2D eigenvalue weighted by atomic mass is 32.2. The van der Waals surface area contributed by atoms with Gasteiger partial charge in [-0.15, -0.1) is 0 Å². The summed E-state index contributed by atoms with van der Waals surface area (Å²) in [5, 5.41) is 0. The van der Waals surface area contributed by atoms with Crippen LogP contribution in [-0.2, 0) is 7.05 Å². The van der Waals surface area contributed by atoms with Crippen molar-refractivity contribution in [2.75, 3.05) is 11.9 Å². The van der Waals surface area contributed by atoms with E-state index in [4.69, 9.17) is 0 Å². The summed E-state index contributed by atoms with van der Waals surface area (Å²) in [5.74, 6) is 0. The summed E-state index contributed by atoms with van der Waals surface area (Å²) in [5.41, 5.74) is 6.41. The molecule has 23 heavy (non-hydrogen) atoms. The number of para-hydroxylation sites is 1. The fourth-order valence-corrected chi connectivity index (χ4v) is 4.33. The Morgan fingerprint density at radius 1 is 0.913 bits per heavy atom. The smallest absolute Gasteiger partial charge is 0.212 e. The van der Waals surface area contributed by atoms with Crippen LogP contribution in [0.3, 0.4) is 0 Å². The summed E-state index contributed by atoms with van der Waals surface area (Å²) in [4.78, 5) is 4.92. The van der Waals surface area contributed by atoms with Gasteiger partial charge in [0, 0.05) is 29.0 Å². The van der Waals surface area contributed by atoms with E-state index in [1.807, 2.05) is 11.8 Å². The molecule has 4 rings (SSSR count). The zero-order valence-corrected chi connectivity index (χ0v) is 14.4. The number of fused-ring (bicyclic) bond motifs is 2. The molecule has 0 unspecified atom stereocenters. The van der Waals surface area contributed by atoms with Crippen LogP contribution < -0.4 is 9.47 Å². The first-order chi connectivity index (χ1) is 11.1. The van der Waals surface area contributed by atoms with Gasteiger partial charge in [-0.05, 0) is 42.8 Å². The van der Waals surface area contributed by atoms with Gasteiger partial charge in [-0.1, -0.05) is 23.9 Å². The van der Waals surface area contributed by atoms with Gasteiger partial charge < -0.3 is 4.90 Å². The summed E-state index contributed by atoms with van der Waals surface area (Å²) in [7, 11) is 4.25. The van der Waals surface area contributed by atoms with E-state index in [1.165, 1.54) is 38.0 Å². The number of rotatable bonds is 1. The molecule has 3 aromatic rings. The number of hydrogen-bond acceptors (Lipinski definition) is 2. The molecule has 2 aromatic carbocycles. The van der Waals surface area contributed by atoms with E-state index >= 15 is 0 Å². The van der Waals surface area contributed by atoms with Crippen molar-refractivity contribution in [3.8, 4) is 11.3 Å². The Bertz CT molecular complexity index is 902. The van der Waals surface area contributed by atoms with Crippen molar-refractivity contribution in [1.82, 2.24) is 0 Å². The number of benzene rings is 2. The number of nitrogens with zero attached hydrogens (tertiary/aromatic N) is 2. The third kappa shape index (κ3) is 2.32. The van der Waals surface area contributed by atoms with E-state index in [0.29, 0.717) is 0 Å². The molecule has 0 N–H and O–H groups in total. The third-order valence-corrected chi connectivity index (χ3v) is 5.56. The maximum Gasteiger partial charge on any atom is 0.212 e. The van der Waals surface area contributed by atoms with Crippen LogP contribution in [0.2, 0.25) is 0 Å². The molecular weight excluding hydrogens is 300 g/mol. The summed E-state index contributed by atoms with van der Waals surface area (Å²) in [6.45, 7) is 2.20. The zero-order chi connectivity index (χ0) is 16.0. The number of aryl methyl sites for hydroxylation is 2. The lowest BCUT2D eigenvalue weighted by Crippen LogP contribution is -2.30. The molecule has 0 saturated carbocycles. The molecule has 0 spiro atoms. The highest BCUT2D eigenvalue weighted by molar-refractivity contribution is 7.99. The standard InChI is InChI=1S/C20H19N2S/c1-14-12-18-20(13-15(14)16-8-6-7-11-21(16)2)23-19-10-5-4-9-17(19)22(18)3/h4-13H,1-3H3/q+1. The second-order valence-corrected chi connectivity index (χ2v) is 7.04. The predicted octanol–water partition coefficient (Wildman–Crippen LogP) is 4.72. The highest BCUT2D eigenvalue weighted by Gasteiger charge is 2.23. The third-order valence-electron chi connectivity index (χ3n) is 4.44. The average Bonchev–Trinajstić information content (AvgIpc) is 2.56. The molecule has 1 aliphatic heterocycles. The molecule has 3 heteroatoms.